The van der Waals surface area contributed by atoms with Gasteiger partial charge in [0, 0.05) is 38.5 Å². The zero-order valence-electron chi connectivity index (χ0n) is 18.9. The minimum atomic E-state index is -0.757. The van der Waals surface area contributed by atoms with Crippen molar-refractivity contribution in [3.05, 3.63) is 64.2 Å². The summed E-state index contributed by atoms with van der Waals surface area (Å²) in [5, 5.41) is 11.5. The summed E-state index contributed by atoms with van der Waals surface area (Å²) >= 11 is 6.35. The third-order valence-corrected chi connectivity index (χ3v) is 6.45. The number of ether oxygens (including phenoxy) is 2. The molecule has 2 atom stereocenters. The predicted molar refractivity (Wildman–Crippen MR) is 127 cm³/mol. The van der Waals surface area contributed by atoms with Gasteiger partial charge in [-0.25, -0.2) is 0 Å². The van der Waals surface area contributed by atoms with Gasteiger partial charge in [0.2, 0.25) is 0 Å². The van der Waals surface area contributed by atoms with Gasteiger partial charge in [-0.2, -0.15) is 0 Å². The highest BCUT2D eigenvalue weighted by Crippen LogP contribution is 2.42. The third-order valence-electron chi connectivity index (χ3n) is 6.12. The van der Waals surface area contributed by atoms with E-state index in [9.17, 15) is 14.7 Å². The van der Waals surface area contributed by atoms with Crippen LogP contribution in [0.25, 0.3) is 5.76 Å². The molecule has 0 saturated carbocycles. The van der Waals surface area contributed by atoms with E-state index in [2.05, 4.69) is 0 Å². The molecule has 0 aliphatic carbocycles. The summed E-state index contributed by atoms with van der Waals surface area (Å²) in [5.74, 6) is -1.26. The number of hydrogen-bond acceptors (Lipinski definition) is 6. The number of Topliss-reactive ketones (excluding diaryl/α,β-unsaturated/α-hetero) is 1. The molecule has 1 N–H and O–H groups in total. The highest BCUT2D eigenvalue weighted by molar-refractivity contribution is 6.47. The van der Waals surface area contributed by atoms with E-state index in [1.807, 2.05) is 43.3 Å². The maximum Gasteiger partial charge on any atom is 0.295 e. The zero-order chi connectivity index (χ0) is 23.7. The van der Waals surface area contributed by atoms with Gasteiger partial charge in [0.1, 0.15) is 11.5 Å². The fourth-order valence-electron chi connectivity index (χ4n) is 4.34. The number of halogens is 1. The number of methoxy groups -OCH3 is 1. The quantitative estimate of drug-likeness (QED) is 0.390. The first-order valence-corrected chi connectivity index (χ1v) is 11.2. The van der Waals surface area contributed by atoms with Crippen molar-refractivity contribution in [1.82, 2.24) is 4.90 Å². The van der Waals surface area contributed by atoms with E-state index >= 15 is 0 Å². The molecule has 2 aliphatic rings. The second-order valence-electron chi connectivity index (χ2n) is 8.42. The van der Waals surface area contributed by atoms with E-state index in [1.54, 1.807) is 18.2 Å². The maximum atomic E-state index is 13.2. The van der Waals surface area contributed by atoms with Gasteiger partial charge in [-0.15, -0.1) is 0 Å². The largest absolute Gasteiger partial charge is 0.507 e. The normalized spacial score (nSPS) is 22.1. The molecular weight excluding hydrogens is 444 g/mol. The number of hydrogen-bond donors (Lipinski definition) is 1. The number of carbonyl (C=O) groups excluding carboxylic acids is 2. The molecule has 2 aromatic carbocycles. The number of rotatable bonds is 6. The van der Waals surface area contributed by atoms with Crippen LogP contribution in [0, 0.1) is 0 Å². The Hall–Kier alpha value is -3.03. The second kappa shape index (κ2) is 9.45. The number of ketones is 1. The molecule has 2 fully saturated rings. The topological polar surface area (TPSA) is 79.3 Å². The lowest BCUT2D eigenvalue weighted by Crippen LogP contribution is -2.36. The molecule has 2 saturated heterocycles. The standard InChI is InChI=1S/C25H27ClN2O5/c1-27(2)16-8-6-15(7-9-16)22-21(23(29)19-13-17(32-3)10-11-20(19)26)24(30)25(31)28(22)14-18-5-4-12-33-18/h6-11,13,18,22,29H,4-5,12,14H2,1-3H3/b23-21+. The summed E-state index contributed by atoms with van der Waals surface area (Å²) in [6.45, 7) is 0.906. The first kappa shape index (κ1) is 23.1. The molecule has 2 heterocycles. The molecule has 0 radical (unpaired) electrons. The molecule has 2 aromatic rings. The van der Waals surface area contributed by atoms with Crippen molar-refractivity contribution in [1.29, 1.82) is 0 Å². The van der Waals surface area contributed by atoms with Crippen LogP contribution in [0.3, 0.4) is 0 Å². The molecular formula is C25H27ClN2O5. The van der Waals surface area contributed by atoms with Crippen LogP contribution in [0.15, 0.2) is 48.0 Å². The lowest BCUT2D eigenvalue weighted by Gasteiger charge is -2.28. The van der Waals surface area contributed by atoms with Gasteiger partial charge in [-0.1, -0.05) is 23.7 Å². The molecule has 0 spiro atoms. The molecule has 2 aliphatic heterocycles. The minimum Gasteiger partial charge on any atom is -0.507 e. The maximum absolute atomic E-state index is 13.2. The van der Waals surface area contributed by atoms with E-state index in [-0.39, 0.29) is 34.6 Å². The average Bonchev–Trinajstić information content (AvgIpc) is 3.41. The molecule has 2 unspecified atom stereocenters. The number of nitrogens with zero attached hydrogens (tertiary/aromatic N) is 2. The number of carbonyl (C=O) groups is 2. The summed E-state index contributed by atoms with van der Waals surface area (Å²) in [6, 6.07) is 11.6. The lowest BCUT2D eigenvalue weighted by atomic mass is 9.94. The van der Waals surface area contributed by atoms with Crippen LogP contribution in [0.1, 0.15) is 30.0 Å². The number of anilines is 1. The van der Waals surface area contributed by atoms with E-state index < -0.39 is 17.7 Å². The smallest absolute Gasteiger partial charge is 0.295 e. The SMILES string of the molecule is COc1ccc(Cl)c(/C(O)=C2\C(=O)C(=O)N(CC3CCCO3)C2c2ccc(N(C)C)cc2)c1. The van der Waals surface area contributed by atoms with Crippen LogP contribution < -0.4 is 9.64 Å². The fraction of sp³-hybridized carbons (Fsp3) is 0.360. The Morgan fingerprint density at radius 3 is 2.55 bits per heavy atom. The summed E-state index contributed by atoms with van der Waals surface area (Å²) < 4.78 is 11.0. The van der Waals surface area contributed by atoms with E-state index in [0.29, 0.717) is 12.4 Å². The van der Waals surface area contributed by atoms with Crippen molar-refractivity contribution < 1.29 is 24.2 Å². The highest BCUT2D eigenvalue weighted by atomic mass is 35.5. The summed E-state index contributed by atoms with van der Waals surface area (Å²) in [7, 11) is 5.37. The minimum absolute atomic E-state index is 0.00533. The molecule has 4 rings (SSSR count). The number of benzene rings is 2. The van der Waals surface area contributed by atoms with Crippen LogP contribution >= 0.6 is 11.6 Å². The Bertz CT molecular complexity index is 1090. The summed E-state index contributed by atoms with van der Waals surface area (Å²) in [6.07, 6.45) is 1.58. The number of likely N-dealkylation sites (tertiary alicyclic amines) is 1. The Kier molecular flexibility index (Phi) is 6.63. The Morgan fingerprint density at radius 2 is 1.94 bits per heavy atom. The van der Waals surface area contributed by atoms with Crippen molar-refractivity contribution in [2.75, 3.05) is 39.3 Å². The van der Waals surface area contributed by atoms with Crippen LogP contribution in [-0.4, -0.2) is 62.2 Å². The molecule has 33 heavy (non-hydrogen) atoms. The Morgan fingerprint density at radius 1 is 1.21 bits per heavy atom. The number of amides is 1. The van der Waals surface area contributed by atoms with E-state index in [0.717, 1.165) is 24.1 Å². The van der Waals surface area contributed by atoms with Crippen molar-refractivity contribution in [2.45, 2.75) is 25.0 Å². The first-order valence-electron chi connectivity index (χ1n) is 10.8. The lowest BCUT2D eigenvalue weighted by molar-refractivity contribution is -0.140. The molecule has 174 valence electrons. The van der Waals surface area contributed by atoms with E-state index in [4.69, 9.17) is 21.1 Å². The zero-order valence-corrected chi connectivity index (χ0v) is 19.6. The fourth-order valence-corrected chi connectivity index (χ4v) is 4.54. The van der Waals surface area contributed by atoms with Gasteiger partial charge in [-0.05, 0) is 48.7 Å². The van der Waals surface area contributed by atoms with Crippen LogP contribution in [0.5, 0.6) is 5.75 Å². The van der Waals surface area contributed by atoms with Crippen LogP contribution in [-0.2, 0) is 14.3 Å². The van der Waals surface area contributed by atoms with Crippen molar-refractivity contribution >= 4 is 34.7 Å². The predicted octanol–water partition coefficient (Wildman–Crippen LogP) is 4.02. The van der Waals surface area contributed by atoms with Gasteiger partial charge in [0.15, 0.2) is 0 Å². The van der Waals surface area contributed by atoms with Gasteiger partial charge < -0.3 is 24.4 Å². The summed E-state index contributed by atoms with van der Waals surface area (Å²) in [4.78, 5) is 29.8. The monoisotopic (exact) mass is 470 g/mol. The van der Waals surface area contributed by atoms with Crippen molar-refractivity contribution in [3.8, 4) is 5.75 Å². The second-order valence-corrected chi connectivity index (χ2v) is 8.83. The van der Waals surface area contributed by atoms with Crippen molar-refractivity contribution in [2.24, 2.45) is 0 Å². The first-order chi connectivity index (χ1) is 15.8. The average molecular weight is 471 g/mol. The number of aliphatic hydroxyl groups excluding tert-OH is 1. The van der Waals surface area contributed by atoms with Gasteiger partial charge in [0.25, 0.3) is 11.7 Å². The van der Waals surface area contributed by atoms with Crippen LogP contribution in [0.2, 0.25) is 5.02 Å². The van der Waals surface area contributed by atoms with Gasteiger partial charge in [0.05, 0.1) is 29.9 Å². The number of aliphatic hydroxyl groups is 1. The molecule has 0 bridgehead atoms. The Labute approximate surface area is 198 Å². The van der Waals surface area contributed by atoms with Gasteiger partial charge in [-0.3, -0.25) is 9.59 Å². The van der Waals surface area contributed by atoms with Crippen molar-refractivity contribution in [3.63, 3.8) is 0 Å². The Balaban J connectivity index is 1.85. The third kappa shape index (κ3) is 4.43. The molecule has 7 nitrogen and oxygen atoms in total. The molecule has 1 amide bonds. The molecule has 8 heteroatoms. The van der Waals surface area contributed by atoms with Crippen LogP contribution in [0.4, 0.5) is 5.69 Å². The van der Waals surface area contributed by atoms with Gasteiger partial charge >= 0.3 is 0 Å². The summed E-state index contributed by atoms with van der Waals surface area (Å²) in [5.41, 5.74) is 1.94. The molecule has 0 aromatic heterocycles. The highest BCUT2D eigenvalue weighted by Gasteiger charge is 2.47. The van der Waals surface area contributed by atoms with E-state index in [1.165, 1.54) is 12.0 Å².